The molecule has 0 aliphatic rings. The first-order valence-electron chi connectivity index (χ1n) is 13.6. The zero-order valence-electron chi connectivity index (χ0n) is 23.6. The van der Waals surface area contributed by atoms with Crippen LogP contribution in [-0.4, -0.2) is 55.1 Å². The number of hydrogen-bond donors (Lipinski definition) is 1. The minimum Gasteiger partial charge on any atom is -0.352 e. The van der Waals surface area contributed by atoms with Crippen molar-refractivity contribution in [2.75, 3.05) is 13.6 Å². The molecule has 3 aromatic carbocycles. The quantitative estimate of drug-likeness (QED) is 0.242. The summed E-state index contributed by atoms with van der Waals surface area (Å²) in [6.07, 6.45) is 1.31. The van der Waals surface area contributed by atoms with E-state index in [0.717, 1.165) is 12.0 Å². The molecular weight excluding hydrogens is 581 g/mol. The summed E-state index contributed by atoms with van der Waals surface area (Å²) in [5.74, 6) is -0.574. The van der Waals surface area contributed by atoms with E-state index in [1.165, 1.54) is 28.4 Å². The van der Waals surface area contributed by atoms with Crippen LogP contribution in [0, 0.1) is 0 Å². The number of nitrogens with one attached hydrogen (secondary N) is 1. The van der Waals surface area contributed by atoms with Gasteiger partial charge in [-0.05, 0) is 49.6 Å². The van der Waals surface area contributed by atoms with Crippen molar-refractivity contribution in [3.05, 3.63) is 100 Å². The third-order valence-electron chi connectivity index (χ3n) is 6.98. The molecule has 10 heteroatoms. The zero-order chi connectivity index (χ0) is 30.0. The SMILES string of the molecule is CC[C@H](C)NC(=O)[C@@H](Cc1ccccc1)N(Cc1c(Cl)cccc1Cl)C(=O)CCCN(C)S(=O)(=O)c1ccccc1. The average molecular weight is 619 g/mol. The molecule has 0 saturated heterocycles. The maximum absolute atomic E-state index is 13.9. The van der Waals surface area contributed by atoms with Gasteiger partial charge in [-0.3, -0.25) is 9.59 Å². The van der Waals surface area contributed by atoms with E-state index in [4.69, 9.17) is 23.2 Å². The number of sulfonamides is 1. The van der Waals surface area contributed by atoms with Gasteiger partial charge in [-0.15, -0.1) is 0 Å². The van der Waals surface area contributed by atoms with E-state index >= 15 is 0 Å². The number of carbonyl (C=O) groups excluding carboxylic acids is 2. The molecule has 0 saturated carbocycles. The topological polar surface area (TPSA) is 86.8 Å². The van der Waals surface area contributed by atoms with E-state index in [1.807, 2.05) is 44.2 Å². The lowest BCUT2D eigenvalue weighted by Gasteiger charge is -2.33. The minimum absolute atomic E-state index is 0.0264. The first kappa shape index (κ1) is 32.6. The number of halogens is 2. The van der Waals surface area contributed by atoms with Crippen LogP contribution in [-0.2, 0) is 32.6 Å². The molecule has 0 unspecified atom stereocenters. The Morgan fingerprint density at radius 1 is 0.902 bits per heavy atom. The predicted molar refractivity (Wildman–Crippen MR) is 164 cm³/mol. The molecule has 3 rings (SSSR count). The molecular formula is C31H37Cl2N3O4S. The van der Waals surface area contributed by atoms with Crippen molar-refractivity contribution in [2.24, 2.45) is 0 Å². The third kappa shape index (κ3) is 9.04. The number of benzene rings is 3. The second-order valence-electron chi connectivity index (χ2n) is 9.99. The Labute approximate surface area is 253 Å². The predicted octanol–water partition coefficient (Wildman–Crippen LogP) is 5.95. The average Bonchev–Trinajstić information content (AvgIpc) is 2.96. The van der Waals surface area contributed by atoms with Crippen molar-refractivity contribution in [3.63, 3.8) is 0 Å². The molecule has 0 aromatic heterocycles. The van der Waals surface area contributed by atoms with Gasteiger partial charge in [0.15, 0.2) is 0 Å². The fourth-order valence-electron chi connectivity index (χ4n) is 4.34. The normalized spacial score (nSPS) is 13.0. The Morgan fingerprint density at radius 3 is 2.07 bits per heavy atom. The molecule has 0 heterocycles. The van der Waals surface area contributed by atoms with Gasteiger partial charge in [0.25, 0.3) is 0 Å². The first-order chi connectivity index (χ1) is 19.5. The number of carbonyl (C=O) groups is 2. The van der Waals surface area contributed by atoms with Crippen LogP contribution >= 0.6 is 23.2 Å². The van der Waals surface area contributed by atoms with Gasteiger partial charge in [0.1, 0.15) is 6.04 Å². The van der Waals surface area contributed by atoms with Crippen molar-refractivity contribution in [1.82, 2.24) is 14.5 Å². The highest BCUT2D eigenvalue weighted by Crippen LogP contribution is 2.28. The van der Waals surface area contributed by atoms with Crippen molar-refractivity contribution < 1.29 is 18.0 Å². The van der Waals surface area contributed by atoms with Crippen LogP contribution in [0.5, 0.6) is 0 Å². The highest BCUT2D eigenvalue weighted by atomic mass is 35.5. The lowest BCUT2D eigenvalue weighted by molar-refractivity contribution is -0.141. The van der Waals surface area contributed by atoms with Gasteiger partial charge in [0.05, 0.1) is 4.90 Å². The molecule has 3 aromatic rings. The lowest BCUT2D eigenvalue weighted by Crippen LogP contribution is -2.52. The molecule has 7 nitrogen and oxygen atoms in total. The van der Waals surface area contributed by atoms with Gasteiger partial charge in [0.2, 0.25) is 21.8 Å². The largest absolute Gasteiger partial charge is 0.352 e. The fourth-order valence-corrected chi connectivity index (χ4v) is 6.09. The van der Waals surface area contributed by atoms with E-state index in [1.54, 1.807) is 36.4 Å². The van der Waals surface area contributed by atoms with E-state index in [9.17, 15) is 18.0 Å². The standard InChI is InChI=1S/C31H37Cl2N3O4S/c1-4-23(2)34-31(38)29(21-24-13-7-5-8-14-24)36(22-26-27(32)17-11-18-28(26)33)30(37)19-12-20-35(3)41(39,40)25-15-9-6-10-16-25/h5-11,13-18,23,29H,4,12,19-22H2,1-3H3,(H,34,38)/t23-,29+/m0/s1. The number of rotatable bonds is 14. The van der Waals surface area contributed by atoms with Crippen LogP contribution in [0.3, 0.4) is 0 Å². The van der Waals surface area contributed by atoms with Crippen LogP contribution in [0.25, 0.3) is 0 Å². The summed E-state index contributed by atoms with van der Waals surface area (Å²) in [6.45, 7) is 4.05. The number of amides is 2. The zero-order valence-corrected chi connectivity index (χ0v) is 25.9. The molecule has 1 N–H and O–H groups in total. The maximum Gasteiger partial charge on any atom is 0.243 e. The Bertz CT molecular complexity index is 1390. The van der Waals surface area contributed by atoms with E-state index in [2.05, 4.69) is 5.32 Å². The molecule has 220 valence electrons. The van der Waals surface area contributed by atoms with E-state index < -0.39 is 16.1 Å². The second kappa shape index (κ2) is 15.4. The Kier molecular flexibility index (Phi) is 12.2. The minimum atomic E-state index is -3.69. The van der Waals surface area contributed by atoms with Crippen LogP contribution in [0.15, 0.2) is 83.8 Å². The van der Waals surface area contributed by atoms with Crippen LogP contribution in [0.1, 0.15) is 44.2 Å². The molecule has 0 radical (unpaired) electrons. The molecule has 41 heavy (non-hydrogen) atoms. The first-order valence-corrected chi connectivity index (χ1v) is 15.8. The van der Waals surface area contributed by atoms with Crippen molar-refractivity contribution in [2.45, 2.75) is 63.1 Å². The molecule has 0 bridgehead atoms. The van der Waals surface area contributed by atoms with Crippen molar-refractivity contribution >= 4 is 45.0 Å². The van der Waals surface area contributed by atoms with E-state index in [0.29, 0.717) is 22.0 Å². The molecule has 2 amide bonds. The van der Waals surface area contributed by atoms with Gasteiger partial charge < -0.3 is 10.2 Å². The van der Waals surface area contributed by atoms with Crippen molar-refractivity contribution in [1.29, 1.82) is 0 Å². The Balaban J connectivity index is 1.88. The Hall–Kier alpha value is -2.91. The van der Waals surface area contributed by atoms with Crippen LogP contribution in [0.4, 0.5) is 0 Å². The summed E-state index contributed by atoms with van der Waals surface area (Å²) in [4.78, 5) is 29.2. The van der Waals surface area contributed by atoms with Gasteiger partial charge >= 0.3 is 0 Å². The second-order valence-corrected chi connectivity index (χ2v) is 12.8. The van der Waals surface area contributed by atoms with Gasteiger partial charge in [-0.25, -0.2) is 12.7 Å². The van der Waals surface area contributed by atoms with Crippen molar-refractivity contribution in [3.8, 4) is 0 Å². The summed E-state index contributed by atoms with van der Waals surface area (Å²) in [6, 6.07) is 21.8. The van der Waals surface area contributed by atoms with Crippen LogP contribution in [0.2, 0.25) is 10.0 Å². The molecule has 0 fully saturated rings. The summed E-state index contributed by atoms with van der Waals surface area (Å²) in [7, 11) is -2.20. The highest BCUT2D eigenvalue weighted by molar-refractivity contribution is 7.89. The van der Waals surface area contributed by atoms with Gasteiger partial charge in [-0.2, -0.15) is 0 Å². The summed E-state index contributed by atoms with van der Waals surface area (Å²) in [5.41, 5.74) is 1.44. The van der Waals surface area contributed by atoms with E-state index in [-0.39, 0.29) is 48.7 Å². The molecule has 2 atom stereocenters. The Morgan fingerprint density at radius 2 is 1.49 bits per heavy atom. The van der Waals surface area contributed by atoms with Crippen LogP contribution < -0.4 is 5.32 Å². The molecule has 0 aliphatic carbocycles. The third-order valence-corrected chi connectivity index (χ3v) is 9.56. The summed E-state index contributed by atoms with van der Waals surface area (Å²) < 4.78 is 27.1. The highest BCUT2D eigenvalue weighted by Gasteiger charge is 2.32. The smallest absolute Gasteiger partial charge is 0.243 e. The molecule has 0 aliphatic heterocycles. The number of hydrogen-bond acceptors (Lipinski definition) is 4. The number of nitrogens with zero attached hydrogens (tertiary/aromatic N) is 2. The maximum atomic E-state index is 13.9. The fraction of sp³-hybridized carbons (Fsp3) is 0.355. The summed E-state index contributed by atoms with van der Waals surface area (Å²) >= 11 is 13.0. The molecule has 0 spiro atoms. The summed E-state index contributed by atoms with van der Waals surface area (Å²) in [5, 5.41) is 3.81. The van der Waals surface area contributed by atoms with Gasteiger partial charge in [0, 0.05) is 54.6 Å². The van der Waals surface area contributed by atoms with Gasteiger partial charge in [-0.1, -0.05) is 84.7 Å². The monoisotopic (exact) mass is 617 g/mol. The lowest BCUT2D eigenvalue weighted by atomic mass is 10.0.